The number of halogens is 3. The Bertz CT molecular complexity index is 794. The summed E-state index contributed by atoms with van der Waals surface area (Å²) in [5, 5.41) is 6.13. The van der Waals surface area contributed by atoms with Crippen LogP contribution in [0, 0.1) is 11.8 Å². The van der Waals surface area contributed by atoms with Crippen LogP contribution in [-0.2, 0) is 19.8 Å². The van der Waals surface area contributed by atoms with Crippen molar-refractivity contribution in [3.05, 3.63) is 59.4 Å². The Morgan fingerprint density at radius 2 is 2.04 bits per heavy atom. The van der Waals surface area contributed by atoms with Crippen molar-refractivity contribution in [1.82, 2.24) is 15.2 Å². The molecule has 0 fully saturated rings. The summed E-state index contributed by atoms with van der Waals surface area (Å²) in [5.74, 6) is 6.08. The van der Waals surface area contributed by atoms with Crippen molar-refractivity contribution >= 4 is 5.96 Å². The van der Waals surface area contributed by atoms with Gasteiger partial charge in [-0.3, -0.25) is 4.99 Å². The molecule has 0 atom stereocenters. The van der Waals surface area contributed by atoms with Crippen LogP contribution in [0.15, 0.2) is 47.7 Å². The number of alkyl halides is 3. The van der Waals surface area contributed by atoms with Crippen LogP contribution in [0.25, 0.3) is 0 Å². The lowest BCUT2D eigenvalue weighted by atomic mass is 10.1. The van der Waals surface area contributed by atoms with Gasteiger partial charge in [0, 0.05) is 38.6 Å². The van der Waals surface area contributed by atoms with Crippen molar-refractivity contribution in [2.45, 2.75) is 12.7 Å². The van der Waals surface area contributed by atoms with E-state index in [0.717, 1.165) is 17.7 Å². The number of guanidine groups is 1. The van der Waals surface area contributed by atoms with Crippen LogP contribution in [0.2, 0.25) is 0 Å². The van der Waals surface area contributed by atoms with E-state index in [4.69, 9.17) is 0 Å². The summed E-state index contributed by atoms with van der Waals surface area (Å²) in [6.45, 7) is 0.881. The van der Waals surface area contributed by atoms with E-state index in [1.165, 1.54) is 6.07 Å². The van der Waals surface area contributed by atoms with Gasteiger partial charge in [-0.1, -0.05) is 17.9 Å². The summed E-state index contributed by atoms with van der Waals surface area (Å²) >= 11 is 0. The van der Waals surface area contributed by atoms with E-state index in [1.54, 1.807) is 13.1 Å². The zero-order valence-corrected chi connectivity index (χ0v) is 14.0. The minimum Gasteiger partial charge on any atom is -0.357 e. The monoisotopic (exact) mass is 348 g/mol. The van der Waals surface area contributed by atoms with E-state index in [-0.39, 0.29) is 6.54 Å². The van der Waals surface area contributed by atoms with Gasteiger partial charge in [0.2, 0.25) is 0 Å². The first kappa shape index (κ1) is 18.5. The zero-order valence-electron chi connectivity index (χ0n) is 14.0. The van der Waals surface area contributed by atoms with Crippen LogP contribution < -0.4 is 10.6 Å². The minimum absolute atomic E-state index is 0.269. The van der Waals surface area contributed by atoms with E-state index in [0.29, 0.717) is 18.1 Å². The summed E-state index contributed by atoms with van der Waals surface area (Å²) in [7, 11) is 3.58. The van der Waals surface area contributed by atoms with Crippen molar-refractivity contribution in [3.8, 4) is 11.8 Å². The molecular formula is C18H19F3N4. The van der Waals surface area contributed by atoms with Crippen molar-refractivity contribution in [1.29, 1.82) is 0 Å². The fourth-order valence-corrected chi connectivity index (χ4v) is 2.12. The number of nitrogens with one attached hydrogen (secondary N) is 2. The van der Waals surface area contributed by atoms with Gasteiger partial charge in [-0.2, -0.15) is 13.2 Å². The largest absolute Gasteiger partial charge is 0.416 e. The van der Waals surface area contributed by atoms with Gasteiger partial charge in [0.1, 0.15) is 0 Å². The number of aryl methyl sites for hydroxylation is 1. The standard InChI is InChI=1S/C18H19F3N4/c1-22-17(24-12-15-8-10-25(2)13-15)23-9-4-6-14-5-3-7-16(11-14)18(19,20)21/h3,5,7-8,10-11,13H,9,12H2,1-2H3,(H2,22,23,24). The molecule has 0 aliphatic heterocycles. The molecule has 0 saturated heterocycles. The predicted octanol–water partition coefficient (Wildman–Crippen LogP) is 2.76. The molecule has 0 bridgehead atoms. The fourth-order valence-electron chi connectivity index (χ4n) is 2.12. The summed E-state index contributed by atoms with van der Waals surface area (Å²) in [5.41, 5.74) is 0.733. The van der Waals surface area contributed by atoms with E-state index < -0.39 is 11.7 Å². The number of aromatic nitrogens is 1. The van der Waals surface area contributed by atoms with Crippen LogP contribution in [0.3, 0.4) is 0 Å². The SMILES string of the molecule is CN=C(NCC#Cc1cccc(C(F)(F)F)c1)NCc1ccn(C)c1. The molecule has 2 N–H and O–H groups in total. The third-order valence-corrected chi connectivity index (χ3v) is 3.34. The highest BCUT2D eigenvalue weighted by Gasteiger charge is 2.30. The van der Waals surface area contributed by atoms with Gasteiger partial charge < -0.3 is 15.2 Å². The highest BCUT2D eigenvalue weighted by Crippen LogP contribution is 2.29. The molecule has 0 spiro atoms. The summed E-state index contributed by atoms with van der Waals surface area (Å²) in [4.78, 5) is 4.07. The maximum Gasteiger partial charge on any atom is 0.416 e. The van der Waals surface area contributed by atoms with Gasteiger partial charge in [-0.05, 0) is 29.8 Å². The van der Waals surface area contributed by atoms with E-state index in [2.05, 4.69) is 27.5 Å². The Morgan fingerprint density at radius 1 is 1.24 bits per heavy atom. The smallest absolute Gasteiger partial charge is 0.357 e. The topological polar surface area (TPSA) is 41.4 Å². The number of nitrogens with zero attached hydrogens (tertiary/aromatic N) is 2. The Balaban J connectivity index is 1.86. The second-order valence-corrected chi connectivity index (χ2v) is 5.34. The predicted molar refractivity (Wildman–Crippen MR) is 91.9 cm³/mol. The maximum atomic E-state index is 12.6. The van der Waals surface area contributed by atoms with E-state index >= 15 is 0 Å². The normalized spacial score (nSPS) is 11.6. The molecule has 1 aromatic carbocycles. The third-order valence-electron chi connectivity index (χ3n) is 3.34. The average Bonchev–Trinajstić information content (AvgIpc) is 2.99. The molecule has 132 valence electrons. The van der Waals surface area contributed by atoms with Crippen molar-refractivity contribution in [2.75, 3.05) is 13.6 Å². The molecule has 0 aliphatic carbocycles. The zero-order chi connectivity index (χ0) is 18.3. The Labute approximate surface area is 144 Å². The van der Waals surface area contributed by atoms with E-state index in [9.17, 15) is 13.2 Å². The van der Waals surface area contributed by atoms with Crippen molar-refractivity contribution < 1.29 is 13.2 Å². The molecule has 0 amide bonds. The van der Waals surface area contributed by atoms with Crippen LogP contribution in [-0.4, -0.2) is 24.1 Å². The lowest BCUT2D eigenvalue weighted by Crippen LogP contribution is -2.36. The Hall–Kier alpha value is -2.88. The first-order chi connectivity index (χ1) is 11.9. The molecule has 1 heterocycles. The Kier molecular flexibility index (Phi) is 6.12. The minimum atomic E-state index is -4.36. The average molecular weight is 348 g/mol. The highest BCUT2D eigenvalue weighted by atomic mass is 19.4. The summed E-state index contributed by atoms with van der Waals surface area (Å²) in [6.07, 6.45) is -0.416. The molecule has 0 aliphatic rings. The van der Waals surface area contributed by atoms with Gasteiger partial charge in [0.25, 0.3) is 0 Å². The van der Waals surface area contributed by atoms with Gasteiger partial charge in [0.05, 0.1) is 12.1 Å². The van der Waals surface area contributed by atoms with Crippen molar-refractivity contribution in [2.24, 2.45) is 12.0 Å². The molecule has 25 heavy (non-hydrogen) atoms. The molecule has 1 aromatic heterocycles. The Morgan fingerprint density at radius 3 is 2.68 bits per heavy atom. The maximum absolute atomic E-state index is 12.6. The molecule has 7 heteroatoms. The second-order valence-electron chi connectivity index (χ2n) is 5.34. The third kappa shape index (κ3) is 5.92. The van der Waals surface area contributed by atoms with Crippen LogP contribution in [0.4, 0.5) is 13.2 Å². The van der Waals surface area contributed by atoms with Gasteiger partial charge >= 0.3 is 6.18 Å². The molecule has 0 radical (unpaired) electrons. The van der Waals surface area contributed by atoms with Crippen LogP contribution in [0.1, 0.15) is 16.7 Å². The molecule has 0 unspecified atom stereocenters. The molecule has 2 rings (SSSR count). The van der Waals surface area contributed by atoms with Gasteiger partial charge in [-0.15, -0.1) is 0 Å². The van der Waals surface area contributed by atoms with Gasteiger partial charge in [0.15, 0.2) is 5.96 Å². The fraction of sp³-hybridized carbons (Fsp3) is 0.278. The lowest BCUT2D eigenvalue weighted by molar-refractivity contribution is -0.137. The van der Waals surface area contributed by atoms with E-state index in [1.807, 2.05) is 30.1 Å². The lowest BCUT2D eigenvalue weighted by Gasteiger charge is -2.08. The second kappa shape index (κ2) is 8.29. The highest BCUT2D eigenvalue weighted by molar-refractivity contribution is 5.79. The van der Waals surface area contributed by atoms with Crippen molar-refractivity contribution in [3.63, 3.8) is 0 Å². The number of rotatable bonds is 3. The summed E-state index contributed by atoms with van der Waals surface area (Å²) in [6, 6.07) is 6.95. The molecule has 0 saturated carbocycles. The van der Waals surface area contributed by atoms with Gasteiger partial charge in [-0.25, -0.2) is 0 Å². The van der Waals surface area contributed by atoms with Crippen LogP contribution in [0.5, 0.6) is 0 Å². The molecule has 4 nitrogen and oxygen atoms in total. The number of hydrogen-bond acceptors (Lipinski definition) is 1. The molecule has 2 aromatic rings. The summed E-state index contributed by atoms with van der Waals surface area (Å²) < 4.78 is 39.9. The number of aliphatic imine (C=N–C) groups is 1. The molecular weight excluding hydrogens is 329 g/mol. The van der Waals surface area contributed by atoms with Crippen LogP contribution >= 0.6 is 0 Å². The number of benzene rings is 1. The number of hydrogen-bond donors (Lipinski definition) is 2. The first-order valence-corrected chi connectivity index (χ1v) is 7.60. The quantitative estimate of drug-likeness (QED) is 0.509. The first-order valence-electron chi connectivity index (χ1n) is 7.60.